The first-order valence-corrected chi connectivity index (χ1v) is 13.5. The largest absolute Gasteiger partial charge is 0.497 e. The number of pyridine rings is 1. The Morgan fingerprint density at radius 3 is 2.79 bits per heavy atom. The van der Waals surface area contributed by atoms with E-state index in [4.69, 9.17) is 4.74 Å². The van der Waals surface area contributed by atoms with E-state index < -0.39 is 29.8 Å². The molecule has 0 amide bonds. The minimum Gasteiger partial charge on any atom is -0.497 e. The number of ether oxygens (including phenoxy) is 1. The lowest BCUT2D eigenvalue weighted by Crippen LogP contribution is -2.44. The van der Waals surface area contributed by atoms with E-state index in [1.807, 2.05) is 4.90 Å². The Kier molecular flexibility index (Phi) is 9.15. The van der Waals surface area contributed by atoms with Crippen LogP contribution < -0.4 is 4.74 Å². The number of carbonyl (C=O) groups is 1. The number of hydrogen-bond donors (Lipinski definition) is 1. The zero-order valence-electron chi connectivity index (χ0n) is 21.0. The van der Waals surface area contributed by atoms with E-state index in [2.05, 4.69) is 4.98 Å². The molecule has 1 fully saturated rings. The van der Waals surface area contributed by atoms with Crippen molar-refractivity contribution in [1.82, 2.24) is 9.88 Å². The fraction of sp³-hybridized carbons (Fsp3) is 0.429. The number of methoxy groups -OCH3 is 1. The summed E-state index contributed by atoms with van der Waals surface area (Å²) in [4.78, 5) is 18.9. The van der Waals surface area contributed by atoms with Gasteiger partial charge in [-0.25, -0.2) is 4.39 Å². The lowest BCUT2D eigenvalue weighted by atomic mass is 9.81. The van der Waals surface area contributed by atoms with Gasteiger partial charge >= 0.3 is 12.1 Å². The van der Waals surface area contributed by atoms with Crippen molar-refractivity contribution < 1.29 is 32.2 Å². The minimum atomic E-state index is -4.39. The summed E-state index contributed by atoms with van der Waals surface area (Å²) in [5.74, 6) is -0.517. The first-order valence-electron chi connectivity index (χ1n) is 12.5. The first kappa shape index (κ1) is 28.2. The quantitative estimate of drug-likeness (QED) is 0.220. The van der Waals surface area contributed by atoms with E-state index in [0.29, 0.717) is 65.3 Å². The van der Waals surface area contributed by atoms with Gasteiger partial charge in [-0.3, -0.25) is 9.78 Å². The van der Waals surface area contributed by atoms with E-state index in [-0.39, 0.29) is 12.3 Å². The molecule has 1 N–H and O–H groups in total. The smallest absolute Gasteiger partial charge is 0.416 e. The Balaban J connectivity index is 1.32. The normalized spacial score (nSPS) is 19.4. The molecular weight excluding hydrogens is 520 g/mol. The average Bonchev–Trinajstić information content (AvgIpc) is 2.91. The van der Waals surface area contributed by atoms with Crippen LogP contribution in [0.2, 0.25) is 0 Å². The number of thioether (sulfide) groups is 1. The molecule has 0 aliphatic carbocycles. The van der Waals surface area contributed by atoms with E-state index in [1.54, 1.807) is 43.6 Å². The molecule has 4 rings (SSSR count). The van der Waals surface area contributed by atoms with Gasteiger partial charge < -0.3 is 14.7 Å². The fourth-order valence-corrected chi connectivity index (χ4v) is 5.98. The molecule has 10 heteroatoms. The van der Waals surface area contributed by atoms with Crippen LogP contribution in [0.1, 0.15) is 36.6 Å². The van der Waals surface area contributed by atoms with Gasteiger partial charge in [-0.15, -0.1) is 11.8 Å². The highest BCUT2D eigenvalue weighted by atomic mass is 32.2. The highest BCUT2D eigenvalue weighted by Gasteiger charge is 2.35. The zero-order chi connectivity index (χ0) is 27.3. The van der Waals surface area contributed by atoms with Gasteiger partial charge in [0, 0.05) is 35.3 Å². The number of nitrogens with zero attached hydrogens (tertiary/aromatic N) is 2. The van der Waals surface area contributed by atoms with Crippen molar-refractivity contribution in [2.75, 3.05) is 32.5 Å². The third-order valence-electron chi connectivity index (χ3n) is 7.11. The first-order chi connectivity index (χ1) is 18.2. The second-order valence-electron chi connectivity index (χ2n) is 9.50. The standard InChI is InChI=1S/C28H30F4N2O3S/c1-37-20-6-8-26-23(16-20)22(9-11-33-26)25(29)7-5-18-10-12-34(17-24(18)27(35)36)13-14-38-21-4-2-3-19(15-21)28(30,31)32/h2-4,6,8-9,11,15-16,18,24-25H,5,7,10,12-14,17H2,1H3,(H,35,36)/t18-,24+,25?/m1/s1. The van der Waals surface area contributed by atoms with E-state index in [9.17, 15) is 23.1 Å². The van der Waals surface area contributed by atoms with E-state index in [0.717, 1.165) is 12.1 Å². The molecule has 1 aliphatic heterocycles. The Morgan fingerprint density at radius 2 is 2.05 bits per heavy atom. The van der Waals surface area contributed by atoms with Crippen LogP contribution >= 0.6 is 11.8 Å². The molecule has 0 saturated carbocycles. The molecule has 2 aromatic carbocycles. The summed E-state index contributed by atoms with van der Waals surface area (Å²) in [5.41, 5.74) is 0.509. The number of aromatic nitrogens is 1. The number of aliphatic carboxylic acids is 1. The van der Waals surface area contributed by atoms with E-state index in [1.165, 1.54) is 17.8 Å². The summed E-state index contributed by atoms with van der Waals surface area (Å²) in [6, 6.07) is 12.2. The Morgan fingerprint density at radius 1 is 1.24 bits per heavy atom. The number of carboxylic acids is 1. The molecule has 3 aromatic rings. The number of piperidine rings is 1. The number of rotatable bonds is 10. The molecule has 1 aromatic heterocycles. The van der Waals surface area contributed by atoms with Crippen LogP contribution in [0.3, 0.4) is 0 Å². The molecule has 204 valence electrons. The van der Waals surface area contributed by atoms with Crippen LogP contribution in [0.25, 0.3) is 10.9 Å². The van der Waals surface area contributed by atoms with Crippen LogP contribution in [0, 0.1) is 11.8 Å². The monoisotopic (exact) mass is 550 g/mol. The number of alkyl halides is 4. The Labute approximate surface area is 223 Å². The summed E-state index contributed by atoms with van der Waals surface area (Å²) >= 11 is 1.32. The molecule has 1 unspecified atom stereocenters. The van der Waals surface area contributed by atoms with Crippen LogP contribution in [-0.2, 0) is 11.0 Å². The highest BCUT2D eigenvalue weighted by Crippen LogP contribution is 2.36. The number of halogens is 4. The Bertz CT molecular complexity index is 1260. The van der Waals surface area contributed by atoms with E-state index >= 15 is 4.39 Å². The molecule has 1 aliphatic rings. The lowest BCUT2D eigenvalue weighted by molar-refractivity contribution is -0.146. The molecule has 5 nitrogen and oxygen atoms in total. The number of likely N-dealkylation sites (tertiary alicyclic amines) is 1. The topological polar surface area (TPSA) is 62.7 Å². The zero-order valence-corrected chi connectivity index (χ0v) is 21.8. The van der Waals surface area contributed by atoms with Crippen LogP contribution in [0.4, 0.5) is 17.6 Å². The second-order valence-corrected chi connectivity index (χ2v) is 10.7. The SMILES string of the molecule is COc1ccc2nccc(C(F)CC[C@@H]3CCN(CCSc4cccc(C(F)(F)F)c4)C[C@@H]3C(=O)O)c2c1. The Hall–Kier alpha value is -2.85. The maximum atomic E-state index is 15.4. The molecule has 0 radical (unpaired) electrons. The molecule has 3 atom stereocenters. The van der Waals surface area contributed by atoms with Gasteiger partial charge in [-0.1, -0.05) is 6.07 Å². The van der Waals surface area contributed by atoms with Crippen LogP contribution in [0.15, 0.2) is 59.6 Å². The lowest BCUT2D eigenvalue weighted by Gasteiger charge is -2.36. The van der Waals surface area contributed by atoms with Crippen molar-refractivity contribution in [3.05, 3.63) is 65.9 Å². The van der Waals surface area contributed by atoms with Gasteiger partial charge in [0.05, 0.1) is 24.1 Å². The minimum absolute atomic E-state index is 0.152. The van der Waals surface area contributed by atoms with Gasteiger partial charge in [-0.2, -0.15) is 13.2 Å². The summed E-state index contributed by atoms with van der Waals surface area (Å²) in [6.45, 7) is 1.58. The molecule has 2 heterocycles. The summed E-state index contributed by atoms with van der Waals surface area (Å²) < 4.78 is 59.5. The van der Waals surface area contributed by atoms with Crippen LogP contribution in [-0.4, -0.2) is 53.5 Å². The van der Waals surface area contributed by atoms with Crippen molar-refractivity contribution in [1.29, 1.82) is 0 Å². The molecule has 0 spiro atoms. The number of hydrogen-bond acceptors (Lipinski definition) is 5. The third-order valence-corrected chi connectivity index (χ3v) is 8.08. The van der Waals surface area contributed by atoms with Crippen molar-refractivity contribution in [2.45, 2.75) is 36.5 Å². The van der Waals surface area contributed by atoms with Gasteiger partial charge in [0.2, 0.25) is 0 Å². The summed E-state index contributed by atoms with van der Waals surface area (Å²) in [7, 11) is 1.55. The van der Waals surface area contributed by atoms with Gasteiger partial charge in [-0.05, 0) is 79.8 Å². The number of fused-ring (bicyclic) bond motifs is 1. The van der Waals surface area contributed by atoms with Crippen molar-refractivity contribution in [3.63, 3.8) is 0 Å². The van der Waals surface area contributed by atoms with Crippen molar-refractivity contribution >= 4 is 28.6 Å². The second kappa shape index (κ2) is 12.3. The highest BCUT2D eigenvalue weighted by molar-refractivity contribution is 7.99. The maximum absolute atomic E-state index is 15.4. The summed E-state index contributed by atoms with van der Waals surface area (Å²) in [6.07, 6.45) is -2.79. The fourth-order valence-electron chi connectivity index (χ4n) is 5.01. The predicted molar refractivity (Wildman–Crippen MR) is 139 cm³/mol. The summed E-state index contributed by atoms with van der Waals surface area (Å²) in [5, 5.41) is 10.5. The van der Waals surface area contributed by atoms with Crippen LogP contribution in [0.5, 0.6) is 5.75 Å². The molecule has 0 bridgehead atoms. The van der Waals surface area contributed by atoms with Crippen molar-refractivity contribution in [3.8, 4) is 5.75 Å². The number of carboxylic acid groups (broad SMARTS) is 1. The van der Waals surface area contributed by atoms with Gasteiger partial charge in [0.1, 0.15) is 11.9 Å². The molecule has 1 saturated heterocycles. The average molecular weight is 551 g/mol. The van der Waals surface area contributed by atoms with Crippen molar-refractivity contribution in [2.24, 2.45) is 11.8 Å². The molecule has 38 heavy (non-hydrogen) atoms. The van der Waals surface area contributed by atoms with Gasteiger partial charge in [0.15, 0.2) is 0 Å². The number of benzene rings is 2. The maximum Gasteiger partial charge on any atom is 0.416 e. The molecular formula is C28H30F4N2O3S. The predicted octanol–water partition coefficient (Wildman–Crippen LogP) is 6.87. The van der Waals surface area contributed by atoms with Gasteiger partial charge in [0.25, 0.3) is 0 Å². The third kappa shape index (κ3) is 6.96.